The first-order valence-corrected chi connectivity index (χ1v) is 6.95. The number of hydrogen-bond donors (Lipinski definition) is 1. The quantitative estimate of drug-likeness (QED) is 0.944. The Hall–Kier alpha value is -1.94. The second-order valence-electron chi connectivity index (χ2n) is 4.89. The second kappa shape index (κ2) is 5.59. The van der Waals surface area contributed by atoms with Crippen molar-refractivity contribution in [1.82, 2.24) is 15.3 Å². The minimum Gasteiger partial charge on any atom is -0.346 e. The molecule has 0 spiro atoms. The molecule has 1 aliphatic carbocycles. The molecular weight excluding hydrogens is 274 g/mol. The molecule has 1 aromatic heterocycles. The van der Waals surface area contributed by atoms with E-state index in [1.54, 1.807) is 18.5 Å². The SMILES string of the molecule is O=C(N[C@@H]1CC[C@@H]1c1ccc(Cl)cc1)c1ncccn1. The van der Waals surface area contributed by atoms with Gasteiger partial charge in [0, 0.05) is 29.4 Å². The largest absolute Gasteiger partial charge is 0.346 e. The molecule has 5 heteroatoms. The van der Waals surface area contributed by atoms with Gasteiger partial charge in [-0.1, -0.05) is 23.7 Å². The minimum absolute atomic E-state index is 0.146. The summed E-state index contributed by atoms with van der Waals surface area (Å²) in [6.07, 6.45) is 5.19. The van der Waals surface area contributed by atoms with Crippen molar-refractivity contribution in [2.75, 3.05) is 0 Å². The highest BCUT2D eigenvalue weighted by Crippen LogP contribution is 2.37. The summed E-state index contributed by atoms with van der Waals surface area (Å²) in [5, 5.41) is 3.73. The maximum Gasteiger partial charge on any atom is 0.289 e. The molecule has 4 nitrogen and oxygen atoms in total. The molecule has 3 rings (SSSR count). The first-order chi connectivity index (χ1) is 9.74. The summed E-state index contributed by atoms with van der Waals surface area (Å²) in [5.41, 5.74) is 1.21. The third kappa shape index (κ3) is 2.65. The van der Waals surface area contributed by atoms with Gasteiger partial charge in [0.25, 0.3) is 5.91 Å². The summed E-state index contributed by atoms with van der Waals surface area (Å²) >= 11 is 5.89. The van der Waals surface area contributed by atoms with Crippen LogP contribution < -0.4 is 5.32 Å². The van der Waals surface area contributed by atoms with E-state index >= 15 is 0 Å². The Morgan fingerprint density at radius 2 is 1.85 bits per heavy atom. The molecule has 1 heterocycles. The number of nitrogens with zero attached hydrogens (tertiary/aromatic N) is 2. The Labute approximate surface area is 122 Å². The molecule has 0 bridgehead atoms. The molecule has 0 unspecified atom stereocenters. The maximum absolute atomic E-state index is 12.0. The predicted molar refractivity (Wildman–Crippen MR) is 76.7 cm³/mol. The fourth-order valence-electron chi connectivity index (χ4n) is 2.43. The van der Waals surface area contributed by atoms with Gasteiger partial charge in [0.15, 0.2) is 0 Å². The monoisotopic (exact) mass is 287 g/mol. The number of aromatic nitrogens is 2. The summed E-state index contributed by atoms with van der Waals surface area (Å²) in [6.45, 7) is 0. The lowest BCUT2D eigenvalue weighted by atomic mass is 9.75. The van der Waals surface area contributed by atoms with E-state index in [4.69, 9.17) is 11.6 Å². The van der Waals surface area contributed by atoms with Crippen molar-refractivity contribution in [3.05, 3.63) is 59.1 Å². The lowest BCUT2D eigenvalue weighted by molar-refractivity contribution is 0.0894. The molecule has 2 atom stereocenters. The van der Waals surface area contributed by atoms with Gasteiger partial charge in [0.05, 0.1) is 0 Å². The van der Waals surface area contributed by atoms with Crippen molar-refractivity contribution in [1.29, 1.82) is 0 Å². The van der Waals surface area contributed by atoms with Gasteiger partial charge < -0.3 is 5.32 Å². The highest BCUT2D eigenvalue weighted by Gasteiger charge is 2.33. The summed E-state index contributed by atoms with van der Waals surface area (Å²) in [6, 6.07) is 9.64. The van der Waals surface area contributed by atoms with Gasteiger partial charge in [-0.15, -0.1) is 0 Å². The van der Waals surface area contributed by atoms with E-state index < -0.39 is 0 Å². The number of carbonyl (C=O) groups excluding carboxylic acids is 1. The highest BCUT2D eigenvalue weighted by molar-refractivity contribution is 6.30. The Morgan fingerprint density at radius 1 is 1.15 bits per heavy atom. The molecule has 1 fully saturated rings. The number of benzene rings is 1. The summed E-state index contributed by atoms with van der Waals surface area (Å²) in [7, 11) is 0. The molecule has 2 aromatic rings. The minimum atomic E-state index is -0.214. The van der Waals surface area contributed by atoms with Crippen LogP contribution in [0, 0.1) is 0 Å². The Balaban J connectivity index is 1.67. The third-order valence-electron chi connectivity index (χ3n) is 3.66. The summed E-state index contributed by atoms with van der Waals surface area (Å²) in [5.74, 6) is 0.350. The fraction of sp³-hybridized carbons (Fsp3) is 0.267. The third-order valence-corrected chi connectivity index (χ3v) is 3.91. The molecule has 1 N–H and O–H groups in total. The molecule has 1 aromatic carbocycles. The number of rotatable bonds is 3. The Kier molecular flexibility index (Phi) is 3.65. The Morgan fingerprint density at radius 3 is 2.45 bits per heavy atom. The molecule has 1 amide bonds. The van der Waals surface area contributed by atoms with E-state index in [-0.39, 0.29) is 17.8 Å². The molecule has 102 valence electrons. The van der Waals surface area contributed by atoms with Crippen LogP contribution in [0.5, 0.6) is 0 Å². The molecule has 0 saturated heterocycles. The zero-order valence-corrected chi connectivity index (χ0v) is 11.5. The second-order valence-corrected chi connectivity index (χ2v) is 5.32. The van der Waals surface area contributed by atoms with Gasteiger partial charge in [-0.25, -0.2) is 9.97 Å². The summed E-state index contributed by atoms with van der Waals surface area (Å²) in [4.78, 5) is 19.9. The van der Waals surface area contributed by atoms with Gasteiger partial charge in [0.1, 0.15) is 0 Å². The zero-order chi connectivity index (χ0) is 13.9. The number of nitrogens with one attached hydrogen (secondary N) is 1. The van der Waals surface area contributed by atoms with Gasteiger partial charge in [-0.05, 0) is 36.6 Å². The molecule has 0 radical (unpaired) electrons. The molecular formula is C15H14ClN3O. The van der Waals surface area contributed by atoms with Crippen molar-refractivity contribution in [2.45, 2.75) is 24.8 Å². The van der Waals surface area contributed by atoms with E-state index in [0.717, 1.165) is 17.9 Å². The van der Waals surface area contributed by atoms with Crippen LogP contribution in [0.25, 0.3) is 0 Å². The van der Waals surface area contributed by atoms with Gasteiger partial charge in [-0.2, -0.15) is 0 Å². The first-order valence-electron chi connectivity index (χ1n) is 6.57. The fourth-order valence-corrected chi connectivity index (χ4v) is 2.56. The van der Waals surface area contributed by atoms with Crippen molar-refractivity contribution in [2.24, 2.45) is 0 Å². The van der Waals surface area contributed by atoms with E-state index in [2.05, 4.69) is 15.3 Å². The van der Waals surface area contributed by atoms with Crippen molar-refractivity contribution >= 4 is 17.5 Å². The van der Waals surface area contributed by atoms with Crippen LogP contribution in [0.2, 0.25) is 5.02 Å². The maximum atomic E-state index is 12.0. The van der Waals surface area contributed by atoms with Crippen LogP contribution in [-0.2, 0) is 0 Å². The number of carbonyl (C=O) groups is 1. The van der Waals surface area contributed by atoms with Crippen molar-refractivity contribution in [3.63, 3.8) is 0 Å². The van der Waals surface area contributed by atoms with Crippen molar-refractivity contribution in [3.8, 4) is 0 Å². The van der Waals surface area contributed by atoms with Gasteiger partial charge in [0.2, 0.25) is 5.82 Å². The van der Waals surface area contributed by atoms with Crippen LogP contribution in [0.1, 0.15) is 34.9 Å². The standard InChI is InChI=1S/C15H14ClN3O/c16-11-4-2-10(3-5-11)12-6-7-13(12)19-15(20)14-17-8-1-9-18-14/h1-5,8-9,12-13H,6-7H2,(H,19,20)/t12-,13-/m1/s1. The lowest BCUT2D eigenvalue weighted by Gasteiger charge is -2.37. The van der Waals surface area contributed by atoms with Crippen LogP contribution in [0.4, 0.5) is 0 Å². The average Bonchev–Trinajstić information content (AvgIpc) is 2.46. The Bertz CT molecular complexity index is 600. The number of halogens is 1. The molecule has 1 saturated carbocycles. The van der Waals surface area contributed by atoms with Crippen molar-refractivity contribution < 1.29 is 4.79 Å². The first kappa shape index (κ1) is 13.1. The zero-order valence-electron chi connectivity index (χ0n) is 10.8. The number of amides is 1. The van der Waals surface area contributed by atoms with E-state index in [1.807, 2.05) is 24.3 Å². The lowest BCUT2D eigenvalue weighted by Crippen LogP contribution is -2.45. The van der Waals surface area contributed by atoms with Crippen LogP contribution in [-0.4, -0.2) is 21.9 Å². The summed E-state index contributed by atoms with van der Waals surface area (Å²) < 4.78 is 0. The normalized spacial score (nSPS) is 21.1. The molecule has 20 heavy (non-hydrogen) atoms. The van der Waals surface area contributed by atoms with Crippen LogP contribution in [0.15, 0.2) is 42.7 Å². The van der Waals surface area contributed by atoms with Crippen LogP contribution in [0.3, 0.4) is 0 Å². The molecule has 1 aliphatic rings. The average molecular weight is 288 g/mol. The smallest absolute Gasteiger partial charge is 0.289 e. The molecule has 0 aliphatic heterocycles. The van der Waals surface area contributed by atoms with E-state index in [1.165, 1.54) is 5.56 Å². The predicted octanol–water partition coefficient (Wildman–Crippen LogP) is 2.81. The van der Waals surface area contributed by atoms with Gasteiger partial charge in [-0.3, -0.25) is 4.79 Å². The van der Waals surface area contributed by atoms with Gasteiger partial charge >= 0.3 is 0 Å². The van der Waals surface area contributed by atoms with E-state index in [9.17, 15) is 4.79 Å². The highest BCUT2D eigenvalue weighted by atomic mass is 35.5. The number of hydrogen-bond acceptors (Lipinski definition) is 3. The van der Waals surface area contributed by atoms with Crippen LogP contribution >= 0.6 is 11.6 Å². The van der Waals surface area contributed by atoms with E-state index in [0.29, 0.717) is 5.92 Å². The topological polar surface area (TPSA) is 54.9 Å².